The van der Waals surface area contributed by atoms with E-state index in [1.54, 1.807) is 0 Å². The van der Waals surface area contributed by atoms with Gasteiger partial charge in [-0.25, -0.2) is 18.6 Å². The minimum absolute atomic E-state index is 0.0986. The van der Waals surface area contributed by atoms with Gasteiger partial charge in [0.1, 0.15) is 5.56 Å². The highest BCUT2D eigenvalue weighted by Gasteiger charge is 2.27. The zero-order chi connectivity index (χ0) is 12.3. The minimum Gasteiger partial charge on any atom is -0.465 e. The van der Waals surface area contributed by atoms with E-state index in [0.717, 1.165) is 13.3 Å². The molecule has 0 N–H and O–H groups in total. The molecule has 0 amide bonds. The summed E-state index contributed by atoms with van der Waals surface area (Å²) in [5, 5.41) is 0. The van der Waals surface area contributed by atoms with Crippen LogP contribution in [0.2, 0.25) is 0 Å². The summed E-state index contributed by atoms with van der Waals surface area (Å²) >= 11 is 5.40. The Labute approximate surface area is 94.2 Å². The molecule has 0 atom stereocenters. The van der Waals surface area contributed by atoms with E-state index in [9.17, 15) is 18.0 Å². The van der Waals surface area contributed by atoms with Gasteiger partial charge in [0, 0.05) is 17.6 Å². The second-order valence-electron chi connectivity index (χ2n) is 2.79. The third kappa shape index (κ3) is 2.27. The highest BCUT2D eigenvalue weighted by Crippen LogP contribution is 2.29. The molecule has 0 aromatic carbocycles. The molecule has 88 valence electrons. The Balaban J connectivity index is 3.48. The second-order valence-corrected chi connectivity index (χ2v) is 3.06. The molecule has 1 aromatic rings. The van der Waals surface area contributed by atoms with Gasteiger partial charge in [-0.3, -0.25) is 0 Å². The molecule has 0 unspecified atom stereocenters. The van der Waals surface area contributed by atoms with E-state index in [-0.39, 0.29) is 11.4 Å². The zero-order valence-corrected chi connectivity index (χ0v) is 8.89. The van der Waals surface area contributed by atoms with Gasteiger partial charge in [-0.05, 0) is 5.56 Å². The van der Waals surface area contributed by atoms with Crippen molar-refractivity contribution in [2.24, 2.45) is 0 Å². The Kier molecular flexibility index (Phi) is 4.12. The Morgan fingerprint density at radius 1 is 1.62 bits per heavy atom. The maximum Gasteiger partial charge on any atom is 0.343 e. The lowest BCUT2D eigenvalue weighted by Gasteiger charge is -2.11. The van der Waals surface area contributed by atoms with E-state index in [1.165, 1.54) is 0 Å². The van der Waals surface area contributed by atoms with E-state index in [4.69, 9.17) is 11.6 Å². The summed E-state index contributed by atoms with van der Waals surface area (Å²) in [6.45, 7) is 0. The molecule has 0 saturated heterocycles. The molecule has 0 radical (unpaired) electrons. The molecule has 0 aliphatic rings. The first-order valence-corrected chi connectivity index (χ1v) is 4.66. The van der Waals surface area contributed by atoms with Crippen LogP contribution < -0.4 is 0 Å². The molecule has 0 fully saturated rings. The van der Waals surface area contributed by atoms with Gasteiger partial charge < -0.3 is 4.74 Å². The molecule has 0 spiro atoms. The molecule has 1 heterocycles. The number of hydrogen-bond acceptors (Lipinski definition) is 3. The molecule has 0 aliphatic carbocycles. The molecule has 1 aromatic heterocycles. The van der Waals surface area contributed by atoms with Gasteiger partial charge >= 0.3 is 5.97 Å². The number of esters is 1. The number of hydrogen-bond donors (Lipinski definition) is 0. The summed E-state index contributed by atoms with van der Waals surface area (Å²) in [5.41, 5.74) is -1.73. The van der Waals surface area contributed by atoms with E-state index >= 15 is 0 Å². The van der Waals surface area contributed by atoms with Crippen LogP contribution in [0.15, 0.2) is 6.20 Å². The number of aromatic nitrogens is 1. The zero-order valence-electron chi connectivity index (χ0n) is 8.14. The van der Waals surface area contributed by atoms with Gasteiger partial charge in [0.15, 0.2) is 0 Å². The van der Waals surface area contributed by atoms with Crippen molar-refractivity contribution >= 4 is 17.6 Å². The minimum atomic E-state index is -3.03. The van der Waals surface area contributed by atoms with Crippen molar-refractivity contribution in [1.29, 1.82) is 0 Å². The topological polar surface area (TPSA) is 39.2 Å². The smallest absolute Gasteiger partial charge is 0.343 e. The highest BCUT2D eigenvalue weighted by atomic mass is 35.5. The average molecular weight is 254 g/mol. The fraction of sp³-hybridized carbons (Fsp3) is 0.333. The number of methoxy groups -OCH3 is 1. The monoisotopic (exact) mass is 253 g/mol. The molecular formula is C9H7ClF3NO2. The van der Waals surface area contributed by atoms with Gasteiger partial charge in [0.2, 0.25) is 5.95 Å². The summed E-state index contributed by atoms with van der Waals surface area (Å²) in [7, 11) is 0.963. The van der Waals surface area contributed by atoms with E-state index < -0.39 is 29.5 Å². The fourth-order valence-electron chi connectivity index (χ4n) is 1.19. The van der Waals surface area contributed by atoms with Crippen molar-refractivity contribution in [2.45, 2.75) is 12.3 Å². The number of carbonyl (C=O) groups excluding carboxylic acids is 1. The van der Waals surface area contributed by atoms with Crippen LogP contribution in [0.5, 0.6) is 0 Å². The largest absolute Gasteiger partial charge is 0.465 e. The Hall–Kier alpha value is -1.30. The van der Waals surface area contributed by atoms with Crippen molar-refractivity contribution in [3.8, 4) is 0 Å². The highest BCUT2D eigenvalue weighted by molar-refractivity contribution is 6.17. The number of rotatable bonds is 3. The molecule has 0 aliphatic heterocycles. The number of ether oxygens (including phenoxy) is 1. The third-order valence-electron chi connectivity index (χ3n) is 1.91. The first-order chi connectivity index (χ1) is 7.52. The molecule has 0 saturated carbocycles. The van der Waals surface area contributed by atoms with Gasteiger partial charge in [-0.2, -0.15) is 4.39 Å². The maximum absolute atomic E-state index is 13.2. The second kappa shape index (κ2) is 5.16. The average Bonchev–Trinajstić information content (AvgIpc) is 2.27. The maximum atomic E-state index is 13.2. The van der Waals surface area contributed by atoms with Crippen LogP contribution in [-0.4, -0.2) is 18.1 Å². The standard InChI is InChI=1S/C9H7ClF3NO2/c1-16-9(15)6-5(7(11)12)4(2-10)3-14-8(6)13/h3,7H,2H2,1H3. The Bertz CT molecular complexity index is 412. The van der Waals surface area contributed by atoms with Gasteiger partial charge in [0.05, 0.1) is 7.11 Å². The van der Waals surface area contributed by atoms with Crippen LogP contribution in [0.25, 0.3) is 0 Å². The summed E-state index contributed by atoms with van der Waals surface area (Å²) in [4.78, 5) is 14.3. The lowest BCUT2D eigenvalue weighted by atomic mass is 10.1. The molecule has 16 heavy (non-hydrogen) atoms. The van der Waals surface area contributed by atoms with Gasteiger partial charge in [0.25, 0.3) is 6.43 Å². The number of carbonyl (C=O) groups is 1. The Morgan fingerprint density at radius 2 is 2.25 bits per heavy atom. The summed E-state index contributed by atoms with van der Waals surface area (Å²) in [5.74, 6) is -2.79. The molecule has 3 nitrogen and oxygen atoms in total. The van der Waals surface area contributed by atoms with Crippen molar-refractivity contribution < 1.29 is 22.7 Å². The predicted octanol–water partition coefficient (Wildman–Crippen LogP) is 2.68. The van der Waals surface area contributed by atoms with Crippen LogP contribution in [-0.2, 0) is 10.6 Å². The van der Waals surface area contributed by atoms with Crippen molar-refractivity contribution in [2.75, 3.05) is 7.11 Å². The number of pyridine rings is 1. The van der Waals surface area contributed by atoms with Crippen LogP contribution in [0.1, 0.15) is 27.9 Å². The lowest BCUT2D eigenvalue weighted by Crippen LogP contribution is -2.13. The summed E-state index contributed by atoms with van der Waals surface area (Å²) in [6.07, 6.45) is -2.16. The van der Waals surface area contributed by atoms with Crippen LogP contribution in [0.3, 0.4) is 0 Å². The van der Waals surface area contributed by atoms with Gasteiger partial charge in [-0.1, -0.05) is 0 Å². The van der Waals surface area contributed by atoms with Crippen LogP contribution in [0, 0.1) is 5.95 Å². The number of halogens is 4. The van der Waals surface area contributed by atoms with Crippen LogP contribution in [0.4, 0.5) is 13.2 Å². The Morgan fingerprint density at radius 3 is 2.69 bits per heavy atom. The van der Waals surface area contributed by atoms with Gasteiger partial charge in [-0.15, -0.1) is 11.6 Å². The lowest BCUT2D eigenvalue weighted by molar-refractivity contribution is 0.0581. The van der Waals surface area contributed by atoms with E-state index in [0.29, 0.717) is 0 Å². The van der Waals surface area contributed by atoms with Crippen molar-refractivity contribution in [3.63, 3.8) is 0 Å². The quantitative estimate of drug-likeness (QED) is 0.472. The molecule has 1 rings (SSSR count). The van der Waals surface area contributed by atoms with Crippen LogP contribution >= 0.6 is 11.6 Å². The first kappa shape index (κ1) is 12.8. The van der Waals surface area contributed by atoms with Crippen molar-refractivity contribution in [1.82, 2.24) is 4.98 Å². The normalized spacial score (nSPS) is 10.6. The first-order valence-electron chi connectivity index (χ1n) is 4.12. The summed E-state index contributed by atoms with van der Waals surface area (Å²) in [6, 6.07) is 0. The molecule has 0 bridgehead atoms. The van der Waals surface area contributed by atoms with E-state index in [2.05, 4.69) is 9.72 Å². The van der Waals surface area contributed by atoms with Crippen molar-refractivity contribution in [3.05, 3.63) is 28.8 Å². The number of nitrogens with zero attached hydrogens (tertiary/aromatic N) is 1. The molecule has 7 heteroatoms. The number of alkyl halides is 3. The summed E-state index contributed by atoms with van der Waals surface area (Å²) < 4.78 is 42.8. The van der Waals surface area contributed by atoms with E-state index in [1.807, 2.05) is 0 Å². The third-order valence-corrected chi connectivity index (χ3v) is 2.19. The predicted molar refractivity (Wildman–Crippen MR) is 50.0 cm³/mol. The molecular weight excluding hydrogens is 247 g/mol. The fourth-order valence-corrected chi connectivity index (χ4v) is 1.41. The SMILES string of the molecule is COC(=O)c1c(F)ncc(CCl)c1C(F)F.